The predicted molar refractivity (Wildman–Crippen MR) is 65.8 cm³/mol. The number of aryl methyl sites for hydroxylation is 1. The second-order valence-corrected chi connectivity index (χ2v) is 5.93. The number of carbonyl (C=O) groups is 1. The Labute approximate surface area is 99.2 Å². The Hall–Kier alpha value is -0.800. The van der Waals surface area contributed by atoms with Gasteiger partial charge in [-0.1, -0.05) is 24.3 Å². The van der Waals surface area contributed by atoms with Crippen LogP contribution in [-0.4, -0.2) is 16.1 Å². The lowest BCUT2D eigenvalue weighted by Crippen LogP contribution is -2.24. The summed E-state index contributed by atoms with van der Waals surface area (Å²) in [4.78, 5) is 11.0. The highest BCUT2D eigenvalue weighted by Crippen LogP contribution is 2.35. The van der Waals surface area contributed by atoms with Crippen molar-refractivity contribution in [2.45, 2.75) is 31.4 Å². The maximum absolute atomic E-state index is 12.1. The van der Waals surface area contributed by atoms with E-state index >= 15 is 0 Å². The second kappa shape index (κ2) is 5.02. The number of hydrogen-bond acceptors (Lipinski definition) is 2. The Bertz CT molecular complexity index is 389. The molecular formula is C13H16O2S. The fourth-order valence-corrected chi connectivity index (χ4v) is 3.83. The third-order valence-electron chi connectivity index (χ3n) is 2.98. The summed E-state index contributed by atoms with van der Waals surface area (Å²) in [6.45, 7) is 1.51. The third-order valence-corrected chi connectivity index (χ3v) is 4.79. The van der Waals surface area contributed by atoms with Gasteiger partial charge in [0.05, 0.1) is 0 Å². The molecule has 0 bridgehead atoms. The number of rotatable bonds is 3. The molecule has 1 aromatic carbocycles. The molecule has 1 aromatic rings. The summed E-state index contributed by atoms with van der Waals surface area (Å²) in [5.74, 6) is 0.209. The number of ketones is 1. The summed E-state index contributed by atoms with van der Waals surface area (Å²) < 4.78 is 12.1. The van der Waals surface area contributed by atoms with E-state index in [9.17, 15) is 9.35 Å². The highest BCUT2D eigenvalue weighted by molar-refractivity contribution is 7.92. The molecular weight excluding hydrogens is 220 g/mol. The quantitative estimate of drug-likeness (QED) is 0.756. The summed E-state index contributed by atoms with van der Waals surface area (Å²) in [5.41, 5.74) is 2.49. The van der Waals surface area contributed by atoms with Gasteiger partial charge in [-0.2, -0.15) is 0 Å². The number of carbonyl (C=O) groups excluding carboxylic acids is 1. The smallest absolute Gasteiger partial charge is 0.178 e. The summed E-state index contributed by atoms with van der Waals surface area (Å²) in [6, 6.07) is 8.17. The van der Waals surface area contributed by atoms with Crippen molar-refractivity contribution < 1.29 is 9.35 Å². The first kappa shape index (κ1) is 11.7. The minimum Gasteiger partial charge on any atom is -0.616 e. The number of benzene rings is 1. The molecule has 0 N–H and O–H groups in total. The van der Waals surface area contributed by atoms with Crippen LogP contribution in [0.5, 0.6) is 0 Å². The zero-order valence-electron chi connectivity index (χ0n) is 9.44. The number of fused-ring (bicyclic) bond motifs is 1. The van der Waals surface area contributed by atoms with Gasteiger partial charge in [0, 0.05) is 5.56 Å². The van der Waals surface area contributed by atoms with E-state index < -0.39 is 11.2 Å². The van der Waals surface area contributed by atoms with Gasteiger partial charge in [0.2, 0.25) is 0 Å². The first-order chi connectivity index (χ1) is 7.68. The third kappa shape index (κ3) is 2.47. The van der Waals surface area contributed by atoms with Crippen molar-refractivity contribution in [2.24, 2.45) is 0 Å². The zero-order valence-corrected chi connectivity index (χ0v) is 10.3. The standard InChI is InChI=1S/C13H16O2S/c1-10(14)9-16(15)13-8-4-6-11-5-2-3-7-12(11)13/h2-3,5,7,13H,4,6,8-9H2,1H3. The van der Waals surface area contributed by atoms with Gasteiger partial charge >= 0.3 is 0 Å². The minimum atomic E-state index is -1.05. The summed E-state index contributed by atoms with van der Waals surface area (Å²) in [6.07, 6.45) is 3.09. The van der Waals surface area contributed by atoms with Crippen LogP contribution in [0, 0.1) is 0 Å². The van der Waals surface area contributed by atoms with Crippen LogP contribution < -0.4 is 0 Å². The van der Waals surface area contributed by atoms with Crippen molar-refractivity contribution in [3.05, 3.63) is 35.4 Å². The van der Waals surface area contributed by atoms with Gasteiger partial charge < -0.3 is 4.55 Å². The van der Waals surface area contributed by atoms with Crippen molar-refractivity contribution >= 4 is 17.0 Å². The van der Waals surface area contributed by atoms with E-state index in [4.69, 9.17) is 0 Å². The Morgan fingerprint density at radius 2 is 2.25 bits per heavy atom. The van der Waals surface area contributed by atoms with Gasteiger partial charge in [0.25, 0.3) is 0 Å². The average Bonchev–Trinajstić information content (AvgIpc) is 2.27. The molecule has 2 nitrogen and oxygen atoms in total. The van der Waals surface area contributed by atoms with Crippen LogP contribution >= 0.6 is 0 Å². The van der Waals surface area contributed by atoms with Gasteiger partial charge in [-0.3, -0.25) is 4.79 Å². The predicted octanol–water partition coefficient (Wildman–Crippen LogP) is 2.40. The SMILES string of the molecule is CC(=O)C[S+]([O-])C1CCCc2ccccc21. The van der Waals surface area contributed by atoms with E-state index in [0.717, 1.165) is 19.3 Å². The van der Waals surface area contributed by atoms with Crippen LogP contribution in [0.25, 0.3) is 0 Å². The molecule has 2 rings (SSSR count). The maximum Gasteiger partial charge on any atom is 0.178 e. The molecule has 0 heterocycles. The Balaban J connectivity index is 2.21. The van der Waals surface area contributed by atoms with E-state index in [1.54, 1.807) is 0 Å². The molecule has 0 saturated heterocycles. The van der Waals surface area contributed by atoms with Crippen LogP contribution in [0.15, 0.2) is 24.3 Å². The fraction of sp³-hybridized carbons (Fsp3) is 0.462. The Kier molecular flexibility index (Phi) is 3.66. The molecule has 1 aliphatic rings. The van der Waals surface area contributed by atoms with Crippen molar-refractivity contribution in [1.29, 1.82) is 0 Å². The van der Waals surface area contributed by atoms with E-state index in [0.29, 0.717) is 0 Å². The van der Waals surface area contributed by atoms with E-state index in [2.05, 4.69) is 12.1 Å². The molecule has 1 aliphatic carbocycles. The minimum absolute atomic E-state index is 0.0152. The van der Waals surface area contributed by atoms with Gasteiger partial charge in [-0.05, 0) is 42.9 Å². The highest BCUT2D eigenvalue weighted by Gasteiger charge is 2.30. The van der Waals surface area contributed by atoms with Crippen molar-refractivity contribution in [1.82, 2.24) is 0 Å². The molecule has 0 aromatic heterocycles. The molecule has 2 atom stereocenters. The Morgan fingerprint density at radius 3 is 3.00 bits per heavy atom. The van der Waals surface area contributed by atoms with Crippen LogP contribution in [-0.2, 0) is 22.4 Å². The molecule has 2 unspecified atom stereocenters. The molecule has 16 heavy (non-hydrogen) atoms. The highest BCUT2D eigenvalue weighted by atomic mass is 32.2. The first-order valence-corrected chi connectivity index (χ1v) is 7.01. The van der Waals surface area contributed by atoms with Crippen LogP contribution in [0.1, 0.15) is 36.1 Å². The fourth-order valence-electron chi connectivity index (χ4n) is 2.28. The molecule has 3 heteroatoms. The van der Waals surface area contributed by atoms with E-state index in [1.807, 2.05) is 12.1 Å². The maximum atomic E-state index is 12.1. The van der Waals surface area contributed by atoms with Crippen molar-refractivity contribution in [2.75, 3.05) is 5.75 Å². The molecule has 0 saturated carbocycles. The molecule has 0 spiro atoms. The molecule has 0 radical (unpaired) electrons. The lowest BCUT2D eigenvalue weighted by atomic mass is 9.91. The van der Waals surface area contributed by atoms with Gasteiger partial charge in [0.1, 0.15) is 5.25 Å². The van der Waals surface area contributed by atoms with Gasteiger partial charge in [-0.15, -0.1) is 0 Å². The van der Waals surface area contributed by atoms with Crippen LogP contribution in [0.4, 0.5) is 0 Å². The summed E-state index contributed by atoms with van der Waals surface area (Å²) in [7, 11) is 0. The van der Waals surface area contributed by atoms with Gasteiger partial charge in [-0.25, -0.2) is 0 Å². The molecule has 86 valence electrons. The monoisotopic (exact) mass is 236 g/mol. The van der Waals surface area contributed by atoms with Crippen molar-refractivity contribution in [3.8, 4) is 0 Å². The lowest BCUT2D eigenvalue weighted by Gasteiger charge is -2.27. The number of hydrogen-bond donors (Lipinski definition) is 0. The topological polar surface area (TPSA) is 40.1 Å². The summed E-state index contributed by atoms with van der Waals surface area (Å²) in [5, 5.41) is 0.0637. The van der Waals surface area contributed by atoms with Crippen LogP contribution in [0.3, 0.4) is 0 Å². The van der Waals surface area contributed by atoms with Gasteiger partial charge in [0.15, 0.2) is 11.5 Å². The second-order valence-electron chi connectivity index (χ2n) is 4.31. The van der Waals surface area contributed by atoms with Crippen LogP contribution in [0.2, 0.25) is 0 Å². The Morgan fingerprint density at radius 1 is 1.50 bits per heavy atom. The largest absolute Gasteiger partial charge is 0.616 e. The molecule has 0 amide bonds. The van der Waals surface area contributed by atoms with E-state index in [1.165, 1.54) is 18.1 Å². The lowest BCUT2D eigenvalue weighted by molar-refractivity contribution is -0.114. The normalized spacial score (nSPS) is 21.2. The first-order valence-electron chi connectivity index (χ1n) is 5.63. The average molecular weight is 236 g/mol. The molecule has 0 fully saturated rings. The summed E-state index contributed by atoms with van der Waals surface area (Å²) >= 11 is -1.05. The number of Topliss-reactive ketones (excluding diaryl/α,β-unsaturated/α-hetero) is 1. The van der Waals surface area contributed by atoms with E-state index in [-0.39, 0.29) is 16.8 Å². The molecule has 0 aliphatic heterocycles. The van der Waals surface area contributed by atoms with Crippen molar-refractivity contribution in [3.63, 3.8) is 0 Å². The zero-order chi connectivity index (χ0) is 11.5.